The summed E-state index contributed by atoms with van der Waals surface area (Å²) in [7, 11) is 0. The molecule has 1 heterocycles. The van der Waals surface area contributed by atoms with E-state index >= 15 is 0 Å². The maximum absolute atomic E-state index is 13.7. The molecule has 1 aliphatic rings. The number of amides is 1. The number of piperidine rings is 1. The van der Waals surface area contributed by atoms with E-state index in [-0.39, 0.29) is 12.0 Å². The van der Waals surface area contributed by atoms with E-state index < -0.39 is 24.4 Å². The van der Waals surface area contributed by atoms with Gasteiger partial charge in [0.05, 0.1) is 26.4 Å². The average Bonchev–Trinajstić information content (AvgIpc) is 3.07. The van der Waals surface area contributed by atoms with Gasteiger partial charge in [-0.25, -0.2) is 4.79 Å². The summed E-state index contributed by atoms with van der Waals surface area (Å²) in [4.78, 5) is 15.5. The Morgan fingerprint density at radius 1 is 0.628 bits per heavy atom. The SMILES string of the molecule is CCS[C@@H]1[C@@H](OCc2ccccc2)[C@H](OCc2ccccc2)[C@H](OCc2ccccc2)CN1C(=O)OCc1ccccc1. The van der Waals surface area contributed by atoms with Crippen LogP contribution in [0, 0.1) is 0 Å². The second-order valence-electron chi connectivity index (χ2n) is 10.4. The number of nitrogens with zero attached hydrogens (tertiary/aromatic N) is 1. The summed E-state index contributed by atoms with van der Waals surface area (Å²) in [5, 5.41) is -0.325. The maximum atomic E-state index is 13.7. The van der Waals surface area contributed by atoms with Crippen LogP contribution >= 0.6 is 11.8 Å². The van der Waals surface area contributed by atoms with Gasteiger partial charge in [0.1, 0.15) is 30.3 Å². The second kappa shape index (κ2) is 16.3. The highest BCUT2D eigenvalue weighted by Gasteiger charge is 2.48. The van der Waals surface area contributed by atoms with Gasteiger partial charge in [-0.1, -0.05) is 128 Å². The number of benzene rings is 4. The standard InChI is InChI=1S/C36H39NO5S/c1-2-43-35-34(41-26-30-19-11-5-12-20-30)33(40-25-29-17-9-4-10-18-29)32(39-24-28-15-7-3-8-16-28)23-37(35)36(38)42-27-31-21-13-6-14-22-31/h3-22,32-35H,2,23-27H2,1H3/t32-,33-,34+,35-/m1/s1. The van der Waals surface area contributed by atoms with E-state index in [0.29, 0.717) is 26.4 Å². The minimum absolute atomic E-state index is 0.193. The Hall–Kier alpha value is -3.62. The Kier molecular flexibility index (Phi) is 11.7. The molecule has 0 aliphatic carbocycles. The number of carbonyl (C=O) groups excluding carboxylic acids is 1. The number of likely N-dealkylation sites (tertiary alicyclic amines) is 1. The van der Waals surface area contributed by atoms with E-state index in [1.54, 1.807) is 16.7 Å². The smallest absolute Gasteiger partial charge is 0.411 e. The number of hydrogen-bond donors (Lipinski definition) is 0. The predicted molar refractivity (Wildman–Crippen MR) is 170 cm³/mol. The molecule has 0 radical (unpaired) electrons. The molecule has 1 aliphatic heterocycles. The van der Waals surface area contributed by atoms with Crippen LogP contribution in [0.5, 0.6) is 0 Å². The summed E-state index contributed by atoms with van der Waals surface area (Å²) in [6.07, 6.45) is -1.72. The fourth-order valence-electron chi connectivity index (χ4n) is 5.13. The van der Waals surface area contributed by atoms with Crippen LogP contribution in [0.25, 0.3) is 0 Å². The molecule has 6 nitrogen and oxygen atoms in total. The first kappa shape index (κ1) is 30.8. The van der Waals surface area contributed by atoms with Crippen molar-refractivity contribution in [3.63, 3.8) is 0 Å². The van der Waals surface area contributed by atoms with Crippen molar-refractivity contribution >= 4 is 17.9 Å². The van der Waals surface area contributed by atoms with E-state index in [9.17, 15) is 4.79 Å². The molecule has 1 saturated heterocycles. The van der Waals surface area contributed by atoms with Gasteiger partial charge < -0.3 is 18.9 Å². The molecule has 4 atom stereocenters. The molecule has 5 rings (SSSR count). The largest absolute Gasteiger partial charge is 0.445 e. The monoisotopic (exact) mass is 597 g/mol. The lowest BCUT2D eigenvalue weighted by Crippen LogP contribution is -2.63. The zero-order valence-electron chi connectivity index (χ0n) is 24.5. The highest BCUT2D eigenvalue weighted by atomic mass is 32.2. The molecular weight excluding hydrogens is 558 g/mol. The third-order valence-electron chi connectivity index (χ3n) is 7.31. The van der Waals surface area contributed by atoms with Crippen LogP contribution in [0.3, 0.4) is 0 Å². The van der Waals surface area contributed by atoms with Gasteiger partial charge in [0.15, 0.2) is 0 Å². The van der Waals surface area contributed by atoms with Crippen LogP contribution in [0.15, 0.2) is 121 Å². The van der Waals surface area contributed by atoms with Crippen molar-refractivity contribution in [2.24, 2.45) is 0 Å². The van der Waals surface area contributed by atoms with Crippen LogP contribution in [-0.2, 0) is 45.4 Å². The number of rotatable bonds is 13. The molecule has 224 valence electrons. The van der Waals surface area contributed by atoms with Gasteiger partial charge in [-0.15, -0.1) is 11.8 Å². The Bertz CT molecular complexity index is 1360. The molecule has 0 spiro atoms. The van der Waals surface area contributed by atoms with Gasteiger partial charge in [0.2, 0.25) is 0 Å². The summed E-state index contributed by atoms with van der Waals surface area (Å²) in [5.41, 5.74) is 4.10. The predicted octanol–water partition coefficient (Wildman–Crippen LogP) is 7.47. The lowest BCUT2D eigenvalue weighted by atomic mass is 10.0. The quantitative estimate of drug-likeness (QED) is 0.159. The Morgan fingerprint density at radius 3 is 1.51 bits per heavy atom. The van der Waals surface area contributed by atoms with E-state index in [1.165, 1.54) is 0 Å². The highest BCUT2D eigenvalue weighted by molar-refractivity contribution is 7.99. The third kappa shape index (κ3) is 8.94. The molecule has 0 aromatic heterocycles. The van der Waals surface area contributed by atoms with Crippen molar-refractivity contribution in [1.29, 1.82) is 0 Å². The molecule has 43 heavy (non-hydrogen) atoms. The van der Waals surface area contributed by atoms with Gasteiger partial charge in [0.25, 0.3) is 0 Å². The average molecular weight is 598 g/mol. The topological polar surface area (TPSA) is 57.2 Å². The molecule has 0 bridgehead atoms. The first-order valence-electron chi connectivity index (χ1n) is 14.8. The Balaban J connectivity index is 1.43. The second-order valence-corrected chi connectivity index (χ2v) is 11.8. The molecule has 0 N–H and O–H groups in total. The van der Waals surface area contributed by atoms with Crippen LogP contribution in [0.1, 0.15) is 29.2 Å². The van der Waals surface area contributed by atoms with E-state index in [2.05, 4.69) is 6.92 Å². The molecule has 1 amide bonds. The van der Waals surface area contributed by atoms with E-state index in [4.69, 9.17) is 18.9 Å². The number of carbonyl (C=O) groups is 1. The van der Waals surface area contributed by atoms with Gasteiger partial charge in [-0.2, -0.15) is 0 Å². The van der Waals surface area contributed by atoms with Crippen LogP contribution in [-0.4, -0.2) is 47.0 Å². The molecule has 4 aromatic rings. The Labute approximate surface area is 258 Å². The first-order chi connectivity index (χ1) is 21.2. The number of hydrogen-bond acceptors (Lipinski definition) is 6. The zero-order chi connectivity index (χ0) is 29.7. The zero-order valence-corrected chi connectivity index (χ0v) is 25.3. The first-order valence-corrected chi connectivity index (χ1v) is 15.8. The van der Waals surface area contributed by atoms with Crippen molar-refractivity contribution in [3.8, 4) is 0 Å². The third-order valence-corrected chi connectivity index (χ3v) is 8.51. The molecule has 1 fully saturated rings. The van der Waals surface area contributed by atoms with Gasteiger partial charge in [-0.3, -0.25) is 4.90 Å². The van der Waals surface area contributed by atoms with Gasteiger partial charge >= 0.3 is 6.09 Å². The summed E-state index contributed by atoms with van der Waals surface area (Å²) in [5.74, 6) is 0.791. The molecule has 4 aromatic carbocycles. The lowest BCUT2D eigenvalue weighted by Gasteiger charge is -2.47. The van der Waals surface area contributed by atoms with Crippen LogP contribution < -0.4 is 0 Å². The molecular formula is C36H39NO5S. The van der Waals surface area contributed by atoms with Crippen molar-refractivity contribution in [1.82, 2.24) is 4.90 Å². The number of thioether (sulfide) groups is 1. The van der Waals surface area contributed by atoms with Gasteiger partial charge in [-0.05, 0) is 28.0 Å². The maximum Gasteiger partial charge on any atom is 0.411 e. The van der Waals surface area contributed by atoms with Crippen molar-refractivity contribution in [2.45, 2.75) is 57.0 Å². The highest BCUT2D eigenvalue weighted by Crippen LogP contribution is 2.34. The summed E-state index contributed by atoms with van der Waals surface area (Å²) in [6, 6.07) is 40.0. The fourth-order valence-corrected chi connectivity index (χ4v) is 6.24. The van der Waals surface area contributed by atoms with Crippen molar-refractivity contribution in [3.05, 3.63) is 144 Å². The summed E-state index contributed by atoms with van der Waals surface area (Å²) < 4.78 is 25.8. The van der Waals surface area contributed by atoms with E-state index in [1.807, 2.05) is 121 Å². The van der Waals surface area contributed by atoms with Crippen molar-refractivity contribution in [2.75, 3.05) is 12.3 Å². The molecule has 7 heteroatoms. The lowest BCUT2D eigenvalue weighted by molar-refractivity contribution is -0.186. The number of ether oxygens (including phenoxy) is 4. The molecule has 0 saturated carbocycles. The van der Waals surface area contributed by atoms with Crippen LogP contribution in [0.4, 0.5) is 4.79 Å². The van der Waals surface area contributed by atoms with Gasteiger partial charge in [0, 0.05) is 0 Å². The minimum atomic E-state index is -0.465. The normalized spacial score (nSPS) is 20.1. The summed E-state index contributed by atoms with van der Waals surface area (Å²) in [6.45, 7) is 3.78. The van der Waals surface area contributed by atoms with E-state index in [0.717, 1.165) is 28.0 Å². The fraction of sp³-hybridized carbons (Fsp3) is 0.306. The minimum Gasteiger partial charge on any atom is -0.445 e. The summed E-state index contributed by atoms with van der Waals surface area (Å²) >= 11 is 1.66. The Morgan fingerprint density at radius 2 is 1.05 bits per heavy atom. The molecule has 0 unspecified atom stereocenters. The van der Waals surface area contributed by atoms with Crippen LogP contribution in [0.2, 0.25) is 0 Å². The van der Waals surface area contributed by atoms with Crippen molar-refractivity contribution < 1.29 is 23.7 Å².